The first-order valence-corrected chi connectivity index (χ1v) is 6.36. The van der Waals surface area contributed by atoms with Crippen LogP contribution >= 0.6 is 0 Å². The van der Waals surface area contributed by atoms with E-state index < -0.39 is 0 Å². The highest BCUT2D eigenvalue weighted by Gasteiger charge is 2.08. The Balaban J connectivity index is 2.46. The molecule has 0 aliphatic carbocycles. The topological polar surface area (TPSA) is 17.1 Å². The second-order valence-corrected chi connectivity index (χ2v) is 4.63. The smallest absolute Gasteiger partial charge is 0.163 e. The lowest BCUT2D eigenvalue weighted by atomic mass is 9.98. The minimum atomic E-state index is 0.282. The van der Waals surface area contributed by atoms with Crippen molar-refractivity contribution < 1.29 is 4.79 Å². The number of benzene rings is 1. The molecule has 0 bridgehead atoms. The summed E-state index contributed by atoms with van der Waals surface area (Å²) in [5.74, 6) is 0.282. The first-order valence-electron chi connectivity index (χ1n) is 6.36. The zero-order valence-corrected chi connectivity index (χ0v) is 11.0. The standard InChI is InChI=1S/C16H22O/c1-4-5-6-7-8-9-16(17)15-12-13(2)10-11-14(15)3/h4,10-12H,1,5-9H2,2-3H3. The van der Waals surface area contributed by atoms with Gasteiger partial charge in [-0.25, -0.2) is 0 Å². The summed E-state index contributed by atoms with van der Waals surface area (Å²) in [6, 6.07) is 6.08. The van der Waals surface area contributed by atoms with Crippen molar-refractivity contribution in [1.29, 1.82) is 0 Å². The van der Waals surface area contributed by atoms with E-state index in [1.54, 1.807) is 0 Å². The van der Waals surface area contributed by atoms with Crippen molar-refractivity contribution in [2.75, 3.05) is 0 Å². The molecule has 0 radical (unpaired) electrons. The average Bonchev–Trinajstić information content (AvgIpc) is 2.32. The normalized spacial score (nSPS) is 10.2. The van der Waals surface area contributed by atoms with Crippen LogP contribution in [0.25, 0.3) is 0 Å². The summed E-state index contributed by atoms with van der Waals surface area (Å²) in [4.78, 5) is 12.0. The fourth-order valence-corrected chi connectivity index (χ4v) is 1.92. The van der Waals surface area contributed by atoms with Gasteiger partial charge < -0.3 is 0 Å². The maximum absolute atomic E-state index is 12.0. The Morgan fingerprint density at radius 2 is 2.00 bits per heavy atom. The summed E-state index contributed by atoms with van der Waals surface area (Å²) in [7, 11) is 0. The zero-order valence-electron chi connectivity index (χ0n) is 11.0. The summed E-state index contributed by atoms with van der Waals surface area (Å²) in [5, 5.41) is 0. The summed E-state index contributed by atoms with van der Waals surface area (Å²) in [6.07, 6.45) is 6.90. The van der Waals surface area contributed by atoms with Gasteiger partial charge in [-0.1, -0.05) is 30.2 Å². The zero-order chi connectivity index (χ0) is 12.7. The Hall–Kier alpha value is -1.37. The van der Waals surface area contributed by atoms with E-state index in [0.29, 0.717) is 6.42 Å². The second kappa shape index (κ2) is 7.05. The van der Waals surface area contributed by atoms with Gasteiger partial charge in [0, 0.05) is 12.0 Å². The van der Waals surface area contributed by atoms with Gasteiger partial charge in [0.05, 0.1) is 0 Å². The Morgan fingerprint density at radius 1 is 1.24 bits per heavy atom. The van der Waals surface area contributed by atoms with Crippen molar-refractivity contribution in [3.8, 4) is 0 Å². The minimum Gasteiger partial charge on any atom is -0.294 e. The summed E-state index contributed by atoms with van der Waals surface area (Å²) >= 11 is 0. The molecule has 0 aliphatic rings. The molecule has 92 valence electrons. The minimum absolute atomic E-state index is 0.282. The van der Waals surface area contributed by atoms with Crippen LogP contribution in [0.5, 0.6) is 0 Å². The second-order valence-electron chi connectivity index (χ2n) is 4.63. The van der Waals surface area contributed by atoms with Gasteiger partial charge in [-0.15, -0.1) is 6.58 Å². The number of rotatable bonds is 7. The molecular formula is C16H22O. The molecule has 0 N–H and O–H groups in total. The number of unbranched alkanes of at least 4 members (excludes halogenated alkanes) is 3. The van der Waals surface area contributed by atoms with Crippen LogP contribution in [-0.4, -0.2) is 5.78 Å². The van der Waals surface area contributed by atoms with Crippen LogP contribution in [0.1, 0.15) is 53.6 Å². The molecule has 0 fully saturated rings. The number of Topliss-reactive ketones (excluding diaryl/α,β-unsaturated/α-hetero) is 1. The number of carbonyl (C=O) groups is 1. The molecule has 1 aromatic carbocycles. The van der Waals surface area contributed by atoms with Crippen LogP contribution in [0.4, 0.5) is 0 Å². The molecule has 0 saturated heterocycles. The lowest BCUT2D eigenvalue weighted by molar-refractivity contribution is 0.0978. The predicted octanol–water partition coefficient (Wildman–Crippen LogP) is 4.62. The third-order valence-electron chi connectivity index (χ3n) is 3.01. The Kier molecular flexibility index (Phi) is 5.68. The SMILES string of the molecule is C=CCCCCCC(=O)c1cc(C)ccc1C. The number of ketones is 1. The molecule has 1 aromatic rings. The van der Waals surface area contributed by atoms with Gasteiger partial charge in [0.2, 0.25) is 0 Å². The summed E-state index contributed by atoms with van der Waals surface area (Å²) in [6.45, 7) is 7.73. The van der Waals surface area contributed by atoms with Crippen LogP contribution in [0.3, 0.4) is 0 Å². The highest BCUT2D eigenvalue weighted by Crippen LogP contribution is 2.15. The van der Waals surface area contributed by atoms with Crippen LogP contribution < -0.4 is 0 Å². The molecule has 1 nitrogen and oxygen atoms in total. The van der Waals surface area contributed by atoms with Gasteiger partial charge >= 0.3 is 0 Å². The molecule has 1 rings (SSSR count). The van der Waals surface area contributed by atoms with Gasteiger partial charge in [-0.05, 0) is 44.7 Å². The molecule has 0 heterocycles. The van der Waals surface area contributed by atoms with E-state index >= 15 is 0 Å². The van der Waals surface area contributed by atoms with Crippen molar-refractivity contribution in [3.05, 3.63) is 47.5 Å². The largest absolute Gasteiger partial charge is 0.294 e. The predicted molar refractivity (Wildman–Crippen MR) is 73.5 cm³/mol. The Morgan fingerprint density at radius 3 is 2.71 bits per heavy atom. The van der Waals surface area contributed by atoms with Gasteiger partial charge in [0.25, 0.3) is 0 Å². The summed E-state index contributed by atoms with van der Waals surface area (Å²) in [5.41, 5.74) is 3.14. The lowest BCUT2D eigenvalue weighted by Gasteiger charge is -2.06. The molecule has 0 atom stereocenters. The van der Waals surface area contributed by atoms with E-state index in [-0.39, 0.29) is 5.78 Å². The number of hydrogen-bond acceptors (Lipinski definition) is 1. The van der Waals surface area contributed by atoms with Crippen molar-refractivity contribution in [3.63, 3.8) is 0 Å². The van der Waals surface area contributed by atoms with Gasteiger partial charge in [0.1, 0.15) is 0 Å². The van der Waals surface area contributed by atoms with E-state index in [4.69, 9.17) is 0 Å². The molecule has 0 unspecified atom stereocenters. The van der Waals surface area contributed by atoms with E-state index in [2.05, 4.69) is 12.6 Å². The molecule has 0 saturated carbocycles. The number of allylic oxidation sites excluding steroid dienone is 1. The maximum Gasteiger partial charge on any atom is 0.163 e. The average molecular weight is 230 g/mol. The fraction of sp³-hybridized carbons (Fsp3) is 0.438. The molecule has 0 amide bonds. The van der Waals surface area contributed by atoms with Gasteiger partial charge in [-0.2, -0.15) is 0 Å². The molecule has 0 aliphatic heterocycles. The number of aryl methyl sites for hydroxylation is 2. The number of carbonyl (C=O) groups excluding carboxylic acids is 1. The first kappa shape index (κ1) is 13.7. The van der Waals surface area contributed by atoms with E-state index in [1.165, 1.54) is 0 Å². The van der Waals surface area contributed by atoms with Crippen LogP contribution in [0.15, 0.2) is 30.9 Å². The number of hydrogen-bond donors (Lipinski definition) is 0. The van der Waals surface area contributed by atoms with Crippen molar-refractivity contribution in [2.45, 2.75) is 46.0 Å². The van der Waals surface area contributed by atoms with Crippen LogP contribution in [0, 0.1) is 13.8 Å². The van der Waals surface area contributed by atoms with Gasteiger partial charge in [0.15, 0.2) is 5.78 Å². The molecule has 1 heteroatoms. The molecule has 0 spiro atoms. The molecular weight excluding hydrogens is 208 g/mol. The van der Waals surface area contributed by atoms with E-state index in [0.717, 1.165) is 42.4 Å². The maximum atomic E-state index is 12.0. The van der Waals surface area contributed by atoms with E-state index in [1.807, 2.05) is 32.1 Å². The van der Waals surface area contributed by atoms with Crippen molar-refractivity contribution in [2.24, 2.45) is 0 Å². The highest BCUT2D eigenvalue weighted by atomic mass is 16.1. The third kappa shape index (κ3) is 4.56. The monoisotopic (exact) mass is 230 g/mol. The Bertz CT molecular complexity index is 391. The molecule has 0 aromatic heterocycles. The molecule has 17 heavy (non-hydrogen) atoms. The highest BCUT2D eigenvalue weighted by molar-refractivity contribution is 5.97. The van der Waals surface area contributed by atoms with Crippen molar-refractivity contribution >= 4 is 5.78 Å². The fourth-order valence-electron chi connectivity index (χ4n) is 1.92. The van der Waals surface area contributed by atoms with E-state index in [9.17, 15) is 4.79 Å². The van der Waals surface area contributed by atoms with Crippen LogP contribution in [0.2, 0.25) is 0 Å². The lowest BCUT2D eigenvalue weighted by Crippen LogP contribution is -2.02. The Labute approximate surface area is 105 Å². The summed E-state index contributed by atoms with van der Waals surface area (Å²) < 4.78 is 0. The van der Waals surface area contributed by atoms with Crippen molar-refractivity contribution in [1.82, 2.24) is 0 Å². The first-order chi connectivity index (χ1) is 8.15. The van der Waals surface area contributed by atoms with Crippen LogP contribution in [-0.2, 0) is 0 Å². The quantitative estimate of drug-likeness (QED) is 0.379. The third-order valence-corrected chi connectivity index (χ3v) is 3.01. The van der Waals surface area contributed by atoms with Gasteiger partial charge in [-0.3, -0.25) is 4.79 Å².